The Bertz CT molecular complexity index is 1320. The normalized spacial score (nSPS) is 11.2. The first kappa shape index (κ1) is 20.1. The van der Waals surface area contributed by atoms with E-state index >= 15 is 0 Å². The molecule has 0 saturated carbocycles. The van der Waals surface area contributed by atoms with Gasteiger partial charge in [-0.05, 0) is 28.8 Å². The Hall–Kier alpha value is -4.17. The Morgan fingerprint density at radius 2 is 1.90 bits per heavy atom. The molecule has 0 unspecified atom stereocenters. The summed E-state index contributed by atoms with van der Waals surface area (Å²) in [7, 11) is 1.31. The molecular formula is C23H20N4O4. The summed E-state index contributed by atoms with van der Waals surface area (Å²) in [6.45, 7) is 0.296. The number of aromatic nitrogens is 2. The van der Waals surface area contributed by atoms with E-state index in [1.165, 1.54) is 17.9 Å². The van der Waals surface area contributed by atoms with Crippen LogP contribution in [0.2, 0.25) is 0 Å². The Morgan fingerprint density at radius 1 is 1.13 bits per heavy atom. The number of hydrazone groups is 1. The van der Waals surface area contributed by atoms with E-state index in [9.17, 15) is 9.59 Å². The Labute approximate surface area is 177 Å². The Kier molecular flexibility index (Phi) is 5.63. The molecule has 0 saturated heterocycles. The third kappa shape index (κ3) is 3.96. The number of carbonyl (C=O) groups excluding carboxylic acids is 1. The van der Waals surface area contributed by atoms with Gasteiger partial charge in [0.2, 0.25) is 0 Å². The van der Waals surface area contributed by atoms with Gasteiger partial charge in [-0.3, -0.25) is 9.77 Å². The highest BCUT2D eigenvalue weighted by atomic mass is 16.5. The summed E-state index contributed by atoms with van der Waals surface area (Å²) in [6, 6.07) is 20.5. The van der Waals surface area contributed by atoms with Gasteiger partial charge in [0.15, 0.2) is 0 Å². The van der Waals surface area contributed by atoms with Crippen molar-refractivity contribution in [2.75, 3.05) is 7.11 Å². The summed E-state index contributed by atoms with van der Waals surface area (Å²) in [6.07, 6.45) is 1.53. The molecule has 0 aliphatic heterocycles. The quantitative estimate of drug-likeness (QED) is 0.254. The van der Waals surface area contributed by atoms with Gasteiger partial charge >= 0.3 is 11.7 Å². The van der Waals surface area contributed by atoms with Crippen LogP contribution in [0.3, 0.4) is 0 Å². The molecule has 0 spiro atoms. The predicted octanol–water partition coefficient (Wildman–Crippen LogP) is 3.14. The third-order valence-electron chi connectivity index (χ3n) is 5.03. The van der Waals surface area contributed by atoms with Crippen LogP contribution in [0.25, 0.3) is 22.2 Å². The molecule has 31 heavy (non-hydrogen) atoms. The summed E-state index contributed by atoms with van der Waals surface area (Å²) in [4.78, 5) is 27.5. The second-order valence-electron chi connectivity index (χ2n) is 6.85. The number of methoxy groups -OCH3 is 1. The number of H-pyrrole nitrogens is 1. The molecule has 0 amide bonds. The lowest BCUT2D eigenvalue weighted by Gasteiger charge is -2.09. The summed E-state index contributed by atoms with van der Waals surface area (Å²) in [5.74, 6) is -0.496. The zero-order valence-corrected chi connectivity index (χ0v) is 16.7. The van der Waals surface area contributed by atoms with Crippen LogP contribution in [-0.4, -0.2) is 34.1 Å². The van der Waals surface area contributed by atoms with Gasteiger partial charge in [0.25, 0.3) is 0 Å². The van der Waals surface area contributed by atoms with Crippen molar-refractivity contribution < 1.29 is 14.7 Å². The van der Waals surface area contributed by atoms with E-state index in [0.29, 0.717) is 23.1 Å². The second kappa shape index (κ2) is 8.68. The molecule has 1 aromatic heterocycles. The summed E-state index contributed by atoms with van der Waals surface area (Å²) in [5.41, 5.74) is 6.55. The van der Waals surface area contributed by atoms with Crippen molar-refractivity contribution in [3.05, 3.63) is 93.9 Å². The van der Waals surface area contributed by atoms with Crippen LogP contribution in [0, 0.1) is 0 Å². The van der Waals surface area contributed by atoms with E-state index in [-0.39, 0.29) is 5.69 Å². The first-order valence-corrected chi connectivity index (χ1v) is 9.52. The zero-order valence-electron chi connectivity index (χ0n) is 16.7. The fourth-order valence-electron chi connectivity index (χ4n) is 3.59. The zero-order chi connectivity index (χ0) is 21.8. The van der Waals surface area contributed by atoms with Crippen LogP contribution in [0.1, 0.15) is 21.5 Å². The Balaban J connectivity index is 1.69. The molecule has 0 aliphatic rings. The highest BCUT2D eigenvalue weighted by Crippen LogP contribution is 2.24. The molecule has 8 heteroatoms. The largest absolute Gasteiger partial charge is 0.465 e. The van der Waals surface area contributed by atoms with E-state index in [1.807, 2.05) is 48.5 Å². The van der Waals surface area contributed by atoms with E-state index in [2.05, 4.69) is 10.1 Å². The van der Waals surface area contributed by atoms with Crippen LogP contribution in [-0.2, 0) is 11.3 Å². The number of carbonyl (C=O) groups is 1. The molecule has 3 aromatic carbocycles. The topological polar surface area (TPSA) is 109 Å². The molecule has 8 nitrogen and oxygen atoms in total. The van der Waals surface area contributed by atoms with Crippen molar-refractivity contribution in [2.45, 2.75) is 6.54 Å². The van der Waals surface area contributed by atoms with Gasteiger partial charge in [-0.2, -0.15) is 10.7 Å². The van der Waals surface area contributed by atoms with Crippen LogP contribution in [0.15, 0.2) is 76.6 Å². The number of esters is 1. The summed E-state index contributed by atoms with van der Waals surface area (Å²) < 4.78 is 6.40. The fourth-order valence-corrected chi connectivity index (χ4v) is 3.59. The maximum Gasteiger partial charge on any atom is 0.340 e. The summed E-state index contributed by atoms with van der Waals surface area (Å²) in [5, 5.41) is 12.4. The molecular weight excluding hydrogens is 396 g/mol. The number of imidazole rings is 1. The van der Waals surface area contributed by atoms with Crippen molar-refractivity contribution in [3.8, 4) is 11.1 Å². The monoisotopic (exact) mass is 416 g/mol. The average Bonchev–Trinajstić information content (AvgIpc) is 3.13. The van der Waals surface area contributed by atoms with Crippen molar-refractivity contribution in [1.82, 2.24) is 15.1 Å². The molecule has 156 valence electrons. The minimum atomic E-state index is -0.496. The molecule has 3 N–H and O–H groups in total. The van der Waals surface area contributed by atoms with Crippen LogP contribution in [0.5, 0.6) is 0 Å². The lowest BCUT2D eigenvalue weighted by Crippen LogP contribution is -2.18. The number of rotatable bonds is 6. The van der Waals surface area contributed by atoms with Gasteiger partial charge in [-0.25, -0.2) is 9.59 Å². The van der Waals surface area contributed by atoms with Crippen LogP contribution < -0.4 is 11.3 Å². The minimum absolute atomic E-state index is 0.296. The smallest absolute Gasteiger partial charge is 0.340 e. The third-order valence-corrected chi connectivity index (χ3v) is 5.03. The lowest BCUT2D eigenvalue weighted by molar-refractivity contribution is 0.0602. The van der Waals surface area contributed by atoms with E-state index in [0.717, 1.165) is 22.3 Å². The van der Waals surface area contributed by atoms with Crippen molar-refractivity contribution in [1.29, 1.82) is 0 Å². The number of aromatic amines is 1. The maximum atomic E-state index is 12.6. The van der Waals surface area contributed by atoms with Crippen molar-refractivity contribution >= 4 is 23.2 Å². The number of hydrogen-bond donors (Lipinski definition) is 3. The average molecular weight is 416 g/mol. The SMILES string of the molecule is COC(=O)c1cccc2[nH]c(=O)n(Cc3ccc(-c4ccccc4/C=N/NO)cc3)c12. The van der Waals surface area contributed by atoms with Gasteiger partial charge in [0.1, 0.15) is 0 Å². The number of para-hydroxylation sites is 1. The number of nitrogens with one attached hydrogen (secondary N) is 2. The van der Waals surface area contributed by atoms with Crippen molar-refractivity contribution in [3.63, 3.8) is 0 Å². The number of ether oxygens (including phenoxy) is 1. The molecule has 4 aromatic rings. The number of hydrogen-bond acceptors (Lipinski definition) is 6. The van der Waals surface area contributed by atoms with Gasteiger partial charge in [-0.15, -0.1) is 0 Å². The standard InChI is InChI=1S/C23H20N4O4/c1-31-22(28)19-7-4-8-20-21(19)27(23(29)25-20)14-15-9-11-16(12-10-15)18-6-3-2-5-17(18)13-24-26-30/h2-13,26,30H,14H2,1H3,(H,25,29)/b24-13+. The molecule has 4 rings (SSSR count). The van der Waals surface area contributed by atoms with Gasteiger partial charge in [0.05, 0.1) is 36.5 Å². The Morgan fingerprint density at radius 3 is 2.65 bits per heavy atom. The number of benzene rings is 3. The lowest BCUT2D eigenvalue weighted by atomic mass is 9.99. The summed E-state index contributed by atoms with van der Waals surface area (Å²) >= 11 is 0. The van der Waals surface area contributed by atoms with E-state index in [4.69, 9.17) is 9.94 Å². The van der Waals surface area contributed by atoms with Crippen LogP contribution in [0.4, 0.5) is 0 Å². The highest BCUT2D eigenvalue weighted by Gasteiger charge is 2.17. The first-order chi connectivity index (χ1) is 15.1. The molecule has 0 radical (unpaired) electrons. The second-order valence-corrected chi connectivity index (χ2v) is 6.85. The highest BCUT2D eigenvalue weighted by molar-refractivity contribution is 6.02. The van der Waals surface area contributed by atoms with Gasteiger partial charge in [0, 0.05) is 5.56 Å². The molecule has 0 fully saturated rings. The van der Waals surface area contributed by atoms with Gasteiger partial charge in [-0.1, -0.05) is 54.6 Å². The van der Waals surface area contributed by atoms with E-state index < -0.39 is 5.97 Å². The molecule has 0 bridgehead atoms. The molecule has 0 atom stereocenters. The van der Waals surface area contributed by atoms with E-state index in [1.54, 1.807) is 23.8 Å². The predicted molar refractivity (Wildman–Crippen MR) is 117 cm³/mol. The molecule has 1 heterocycles. The number of nitrogens with zero attached hydrogens (tertiary/aromatic N) is 2. The molecule has 0 aliphatic carbocycles. The fraction of sp³-hybridized carbons (Fsp3) is 0.0870. The van der Waals surface area contributed by atoms with Gasteiger partial charge < -0.3 is 9.72 Å². The van der Waals surface area contributed by atoms with Crippen molar-refractivity contribution in [2.24, 2.45) is 5.10 Å². The van der Waals surface area contributed by atoms with Crippen LogP contribution >= 0.6 is 0 Å². The first-order valence-electron chi connectivity index (χ1n) is 9.52. The number of fused-ring (bicyclic) bond motifs is 1. The minimum Gasteiger partial charge on any atom is -0.465 e. The maximum absolute atomic E-state index is 12.6.